The number of nitrogens with one attached hydrogen (secondary N) is 2. The number of nitrogens with two attached hydrogens (primary N) is 1. The zero-order valence-electron chi connectivity index (χ0n) is 11.2. The SMILES string of the molecule is CNC(=O)c1c(NCc2ccccc2Cl)sc(C#N)c1N. The minimum absolute atomic E-state index is 0.198. The second-order valence-electron chi connectivity index (χ2n) is 4.18. The normalized spacial score (nSPS) is 9.95. The van der Waals surface area contributed by atoms with Gasteiger partial charge in [0.1, 0.15) is 15.9 Å². The minimum Gasteiger partial charge on any atom is -0.396 e. The first-order valence-electron chi connectivity index (χ1n) is 6.10. The molecular weight excluding hydrogens is 308 g/mol. The Bertz CT molecular complexity index is 720. The van der Waals surface area contributed by atoms with Gasteiger partial charge in [-0.2, -0.15) is 5.26 Å². The maximum atomic E-state index is 11.9. The van der Waals surface area contributed by atoms with Crippen molar-refractivity contribution in [2.45, 2.75) is 6.54 Å². The molecule has 1 amide bonds. The van der Waals surface area contributed by atoms with Crippen LogP contribution in [0.15, 0.2) is 24.3 Å². The van der Waals surface area contributed by atoms with E-state index in [4.69, 9.17) is 22.6 Å². The molecule has 2 rings (SSSR count). The van der Waals surface area contributed by atoms with Crippen LogP contribution in [0.25, 0.3) is 0 Å². The first kappa shape index (κ1) is 15.2. The lowest BCUT2D eigenvalue weighted by Gasteiger charge is -2.08. The van der Waals surface area contributed by atoms with Gasteiger partial charge in [0.15, 0.2) is 0 Å². The molecule has 0 aliphatic heterocycles. The molecule has 0 bridgehead atoms. The lowest BCUT2D eigenvalue weighted by atomic mass is 10.2. The summed E-state index contributed by atoms with van der Waals surface area (Å²) in [5.74, 6) is -0.327. The molecular formula is C14H13ClN4OS. The van der Waals surface area contributed by atoms with Crippen LogP contribution in [-0.4, -0.2) is 13.0 Å². The van der Waals surface area contributed by atoms with Gasteiger partial charge >= 0.3 is 0 Å². The third-order valence-electron chi connectivity index (χ3n) is 2.90. The average molecular weight is 321 g/mol. The highest BCUT2D eigenvalue weighted by atomic mass is 35.5. The number of nitrogens with zero attached hydrogens (tertiary/aromatic N) is 1. The molecule has 7 heteroatoms. The van der Waals surface area contributed by atoms with Crippen LogP contribution in [0.4, 0.5) is 10.7 Å². The third kappa shape index (κ3) is 3.10. The molecule has 1 aromatic carbocycles. The standard InChI is InChI=1S/C14H13ClN4OS/c1-18-13(20)11-12(17)10(6-16)21-14(11)19-7-8-4-2-3-5-9(8)15/h2-5,19H,7,17H2,1H3,(H,18,20). The maximum absolute atomic E-state index is 11.9. The molecule has 0 saturated carbocycles. The molecule has 0 radical (unpaired) electrons. The Balaban J connectivity index is 2.30. The average Bonchev–Trinajstić information content (AvgIpc) is 2.81. The van der Waals surface area contributed by atoms with E-state index < -0.39 is 0 Å². The van der Waals surface area contributed by atoms with E-state index in [0.717, 1.165) is 16.9 Å². The van der Waals surface area contributed by atoms with Crippen LogP contribution in [0.5, 0.6) is 0 Å². The van der Waals surface area contributed by atoms with E-state index in [1.807, 2.05) is 24.3 Å². The Morgan fingerprint density at radius 3 is 2.81 bits per heavy atom. The molecule has 0 aliphatic carbocycles. The Kier molecular flexibility index (Phi) is 4.68. The van der Waals surface area contributed by atoms with Gasteiger partial charge in [0.25, 0.3) is 5.91 Å². The predicted octanol–water partition coefficient (Wildman–Crippen LogP) is 2.83. The fourth-order valence-corrected chi connectivity index (χ4v) is 2.93. The van der Waals surface area contributed by atoms with E-state index in [2.05, 4.69) is 10.6 Å². The molecule has 1 aromatic heterocycles. The predicted molar refractivity (Wildman–Crippen MR) is 85.6 cm³/mol. The van der Waals surface area contributed by atoms with Crippen LogP contribution >= 0.6 is 22.9 Å². The van der Waals surface area contributed by atoms with Crippen molar-refractivity contribution in [3.63, 3.8) is 0 Å². The summed E-state index contributed by atoms with van der Waals surface area (Å²) in [6, 6.07) is 9.40. The molecule has 0 fully saturated rings. The van der Waals surface area contributed by atoms with E-state index >= 15 is 0 Å². The third-order valence-corrected chi connectivity index (χ3v) is 4.33. The molecule has 0 unspecified atom stereocenters. The fourth-order valence-electron chi connectivity index (χ4n) is 1.82. The first-order chi connectivity index (χ1) is 10.1. The van der Waals surface area contributed by atoms with Gasteiger partial charge in [0, 0.05) is 18.6 Å². The van der Waals surface area contributed by atoms with Crippen molar-refractivity contribution in [3.05, 3.63) is 45.3 Å². The summed E-state index contributed by atoms with van der Waals surface area (Å²) in [4.78, 5) is 12.2. The lowest BCUT2D eigenvalue weighted by molar-refractivity contribution is 0.0965. The van der Waals surface area contributed by atoms with E-state index in [-0.39, 0.29) is 11.6 Å². The van der Waals surface area contributed by atoms with Crippen molar-refractivity contribution in [2.24, 2.45) is 0 Å². The van der Waals surface area contributed by atoms with Gasteiger partial charge in [0.2, 0.25) is 0 Å². The van der Waals surface area contributed by atoms with E-state index in [1.165, 1.54) is 7.05 Å². The number of nitriles is 1. The molecule has 0 spiro atoms. The Labute approximate surface area is 131 Å². The summed E-state index contributed by atoms with van der Waals surface area (Å²) in [6.07, 6.45) is 0. The van der Waals surface area contributed by atoms with Crippen molar-refractivity contribution < 1.29 is 4.79 Å². The van der Waals surface area contributed by atoms with E-state index in [9.17, 15) is 4.79 Å². The highest BCUT2D eigenvalue weighted by molar-refractivity contribution is 7.17. The summed E-state index contributed by atoms with van der Waals surface area (Å²) in [6.45, 7) is 0.439. The second-order valence-corrected chi connectivity index (χ2v) is 5.61. The van der Waals surface area contributed by atoms with Crippen LogP contribution in [0.3, 0.4) is 0 Å². The molecule has 21 heavy (non-hydrogen) atoms. The van der Waals surface area contributed by atoms with Gasteiger partial charge in [0.05, 0.1) is 11.3 Å². The number of nitrogen functional groups attached to an aromatic ring is 1. The lowest BCUT2D eigenvalue weighted by Crippen LogP contribution is -2.20. The van der Waals surface area contributed by atoms with Crippen LogP contribution in [-0.2, 0) is 6.54 Å². The molecule has 5 nitrogen and oxygen atoms in total. The zero-order chi connectivity index (χ0) is 15.4. The van der Waals surface area contributed by atoms with Crippen molar-refractivity contribution in [1.29, 1.82) is 5.26 Å². The quantitative estimate of drug-likeness (QED) is 0.808. The summed E-state index contributed by atoms with van der Waals surface area (Å²) < 4.78 is 0. The highest BCUT2D eigenvalue weighted by Gasteiger charge is 2.21. The summed E-state index contributed by atoms with van der Waals surface area (Å²) in [7, 11) is 1.52. The van der Waals surface area contributed by atoms with Gasteiger partial charge < -0.3 is 16.4 Å². The molecule has 0 aliphatic rings. The second kappa shape index (κ2) is 6.48. The number of hydrogen-bond donors (Lipinski definition) is 3. The first-order valence-corrected chi connectivity index (χ1v) is 7.29. The van der Waals surface area contributed by atoms with Gasteiger partial charge in [-0.3, -0.25) is 4.79 Å². The summed E-state index contributed by atoms with van der Waals surface area (Å²) in [5.41, 5.74) is 7.24. The number of halogens is 1. The van der Waals surface area contributed by atoms with Crippen LogP contribution in [0, 0.1) is 11.3 Å². The molecule has 1 heterocycles. The van der Waals surface area contributed by atoms with Crippen molar-refractivity contribution >= 4 is 39.5 Å². The van der Waals surface area contributed by atoms with Gasteiger partial charge in [-0.1, -0.05) is 29.8 Å². The largest absolute Gasteiger partial charge is 0.396 e. The van der Waals surface area contributed by atoms with E-state index in [1.54, 1.807) is 6.07 Å². The Morgan fingerprint density at radius 2 is 2.19 bits per heavy atom. The van der Waals surface area contributed by atoms with Crippen molar-refractivity contribution in [3.8, 4) is 6.07 Å². The monoisotopic (exact) mass is 320 g/mol. The fraction of sp³-hybridized carbons (Fsp3) is 0.143. The molecule has 2 aromatic rings. The van der Waals surface area contributed by atoms with Gasteiger partial charge in [-0.15, -0.1) is 11.3 Å². The minimum atomic E-state index is -0.327. The smallest absolute Gasteiger partial charge is 0.256 e. The van der Waals surface area contributed by atoms with Crippen LogP contribution in [0.2, 0.25) is 5.02 Å². The number of thiophene rings is 1. The summed E-state index contributed by atoms with van der Waals surface area (Å²) in [5, 5.41) is 15.9. The number of hydrogen-bond acceptors (Lipinski definition) is 5. The number of anilines is 2. The van der Waals surface area contributed by atoms with Crippen LogP contribution in [0.1, 0.15) is 20.8 Å². The van der Waals surface area contributed by atoms with Gasteiger partial charge in [-0.05, 0) is 11.6 Å². The van der Waals surface area contributed by atoms with Gasteiger partial charge in [-0.25, -0.2) is 0 Å². The van der Waals surface area contributed by atoms with Crippen molar-refractivity contribution in [1.82, 2.24) is 5.32 Å². The topological polar surface area (TPSA) is 90.9 Å². The molecule has 108 valence electrons. The van der Waals surface area contributed by atoms with Crippen LogP contribution < -0.4 is 16.4 Å². The molecule has 0 atom stereocenters. The van der Waals surface area contributed by atoms with Crippen molar-refractivity contribution in [2.75, 3.05) is 18.1 Å². The Hall–Kier alpha value is -2.23. The summed E-state index contributed by atoms with van der Waals surface area (Å²) >= 11 is 7.24. The Morgan fingerprint density at radius 1 is 1.48 bits per heavy atom. The molecule has 4 N–H and O–H groups in total. The van der Waals surface area contributed by atoms with E-state index in [0.29, 0.717) is 27.0 Å². The molecule has 0 saturated heterocycles. The maximum Gasteiger partial charge on any atom is 0.256 e. The highest BCUT2D eigenvalue weighted by Crippen LogP contribution is 2.35. The zero-order valence-corrected chi connectivity index (χ0v) is 12.8. The number of carbonyl (C=O) groups excluding carboxylic acids is 1. The number of rotatable bonds is 4. The number of benzene rings is 1. The number of carbonyl (C=O) groups is 1. The number of amides is 1.